The summed E-state index contributed by atoms with van der Waals surface area (Å²) in [6, 6.07) is 0. The van der Waals surface area contributed by atoms with Crippen molar-refractivity contribution in [3.05, 3.63) is 23.3 Å². The van der Waals surface area contributed by atoms with Crippen LogP contribution in [0.2, 0.25) is 0 Å². The Labute approximate surface area is 81.2 Å². The number of aliphatic hydroxyl groups excluding tert-OH is 1. The van der Waals surface area contributed by atoms with E-state index in [0.29, 0.717) is 5.41 Å². The SMILES string of the molecule is C/C(=C/CO)C1=CCCCC1(C)C. The number of rotatable bonds is 2. The van der Waals surface area contributed by atoms with E-state index >= 15 is 0 Å². The maximum atomic E-state index is 8.83. The molecular weight excluding hydrogens is 160 g/mol. The van der Waals surface area contributed by atoms with Gasteiger partial charge < -0.3 is 5.11 Å². The number of hydrogen-bond acceptors (Lipinski definition) is 1. The van der Waals surface area contributed by atoms with E-state index in [-0.39, 0.29) is 6.61 Å². The molecule has 0 amide bonds. The topological polar surface area (TPSA) is 20.2 Å². The summed E-state index contributed by atoms with van der Waals surface area (Å²) in [5, 5.41) is 8.83. The Hall–Kier alpha value is -0.560. The highest BCUT2D eigenvalue weighted by molar-refractivity contribution is 5.35. The highest BCUT2D eigenvalue weighted by Gasteiger charge is 2.25. The Bertz CT molecular complexity index is 234. The van der Waals surface area contributed by atoms with Gasteiger partial charge in [0.1, 0.15) is 0 Å². The van der Waals surface area contributed by atoms with Crippen LogP contribution in [0.25, 0.3) is 0 Å². The second kappa shape index (κ2) is 4.10. The summed E-state index contributed by atoms with van der Waals surface area (Å²) in [7, 11) is 0. The molecule has 0 saturated carbocycles. The van der Waals surface area contributed by atoms with Gasteiger partial charge in [0.15, 0.2) is 0 Å². The van der Waals surface area contributed by atoms with Gasteiger partial charge >= 0.3 is 0 Å². The van der Waals surface area contributed by atoms with Crippen molar-refractivity contribution in [1.82, 2.24) is 0 Å². The molecule has 74 valence electrons. The molecule has 0 radical (unpaired) electrons. The van der Waals surface area contributed by atoms with E-state index in [1.165, 1.54) is 30.4 Å². The lowest BCUT2D eigenvalue weighted by atomic mass is 9.73. The summed E-state index contributed by atoms with van der Waals surface area (Å²) in [6.07, 6.45) is 7.97. The van der Waals surface area contributed by atoms with Crippen molar-refractivity contribution < 1.29 is 5.11 Å². The molecule has 1 aliphatic carbocycles. The molecule has 1 rings (SSSR count). The smallest absolute Gasteiger partial charge is 0.0618 e. The van der Waals surface area contributed by atoms with Crippen molar-refractivity contribution in [3.8, 4) is 0 Å². The van der Waals surface area contributed by atoms with Crippen LogP contribution in [0.3, 0.4) is 0 Å². The molecule has 0 aliphatic heterocycles. The average Bonchev–Trinajstić information content (AvgIpc) is 2.03. The van der Waals surface area contributed by atoms with Gasteiger partial charge in [-0.3, -0.25) is 0 Å². The van der Waals surface area contributed by atoms with Crippen LogP contribution >= 0.6 is 0 Å². The standard InChI is InChI=1S/C12H20O/c1-10(7-9-13)11-6-4-5-8-12(11,2)3/h6-7,13H,4-5,8-9H2,1-3H3/b10-7-. The minimum atomic E-state index is 0.152. The summed E-state index contributed by atoms with van der Waals surface area (Å²) in [5.74, 6) is 0. The highest BCUT2D eigenvalue weighted by Crippen LogP contribution is 2.40. The zero-order chi connectivity index (χ0) is 9.90. The maximum Gasteiger partial charge on any atom is 0.0618 e. The Morgan fingerprint density at radius 1 is 1.62 bits per heavy atom. The van der Waals surface area contributed by atoms with Crippen LogP contribution < -0.4 is 0 Å². The van der Waals surface area contributed by atoms with E-state index in [1.54, 1.807) is 0 Å². The largest absolute Gasteiger partial charge is 0.392 e. The summed E-state index contributed by atoms with van der Waals surface area (Å²) in [4.78, 5) is 0. The van der Waals surface area contributed by atoms with Gasteiger partial charge in [0.25, 0.3) is 0 Å². The summed E-state index contributed by atoms with van der Waals surface area (Å²) < 4.78 is 0. The monoisotopic (exact) mass is 180 g/mol. The van der Waals surface area contributed by atoms with E-state index in [0.717, 1.165) is 0 Å². The molecule has 1 N–H and O–H groups in total. The predicted molar refractivity (Wildman–Crippen MR) is 56.6 cm³/mol. The van der Waals surface area contributed by atoms with E-state index in [9.17, 15) is 0 Å². The van der Waals surface area contributed by atoms with Gasteiger partial charge in [-0.15, -0.1) is 0 Å². The molecule has 0 unspecified atom stereocenters. The minimum absolute atomic E-state index is 0.152. The summed E-state index contributed by atoms with van der Waals surface area (Å²) >= 11 is 0. The minimum Gasteiger partial charge on any atom is -0.392 e. The molecule has 0 atom stereocenters. The van der Waals surface area contributed by atoms with Crippen molar-refractivity contribution in [1.29, 1.82) is 0 Å². The molecule has 0 aromatic carbocycles. The number of allylic oxidation sites excluding steroid dienone is 3. The second-order valence-corrected chi connectivity index (χ2v) is 4.46. The van der Waals surface area contributed by atoms with Crippen molar-refractivity contribution in [2.75, 3.05) is 6.61 Å². The van der Waals surface area contributed by atoms with Crippen LogP contribution in [0.15, 0.2) is 23.3 Å². The highest BCUT2D eigenvalue weighted by atomic mass is 16.2. The van der Waals surface area contributed by atoms with Crippen molar-refractivity contribution in [2.24, 2.45) is 5.41 Å². The lowest BCUT2D eigenvalue weighted by Gasteiger charge is -2.32. The maximum absolute atomic E-state index is 8.83. The van der Waals surface area contributed by atoms with E-state index in [2.05, 4.69) is 26.8 Å². The first-order valence-electron chi connectivity index (χ1n) is 5.06. The molecule has 13 heavy (non-hydrogen) atoms. The summed E-state index contributed by atoms with van der Waals surface area (Å²) in [5.41, 5.74) is 2.97. The quantitative estimate of drug-likeness (QED) is 0.692. The molecule has 0 aromatic rings. The molecule has 0 fully saturated rings. The third-order valence-electron chi connectivity index (χ3n) is 2.91. The van der Waals surface area contributed by atoms with Crippen LogP contribution in [-0.4, -0.2) is 11.7 Å². The van der Waals surface area contributed by atoms with Crippen LogP contribution in [0.4, 0.5) is 0 Å². The van der Waals surface area contributed by atoms with Gasteiger partial charge in [0.2, 0.25) is 0 Å². The Morgan fingerprint density at radius 3 is 2.85 bits per heavy atom. The first-order valence-corrected chi connectivity index (χ1v) is 5.06. The van der Waals surface area contributed by atoms with Gasteiger partial charge in [-0.2, -0.15) is 0 Å². The summed E-state index contributed by atoms with van der Waals surface area (Å²) in [6.45, 7) is 6.81. The normalized spacial score (nSPS) is 22.8. The van der Waals surface area contributed by atoms with Gasteiger partial charge in [0, 0.05) is 0 Å². The third-order valence-corrected chi connectivity index (χ3v) is 2.91. The Morgan fingerprint density at radius 2 is 2.31 bits per heavy atom. The van der Waals surface area contributed by atoms with Gasteiger partial charge in [-0.05, 0) is 42.7 Å². The zero-order valence-corrected chi connectivity index (χ0v) is 8.93. The fourth-order valence-corrected chi connectivity index (χ4v) is 2.14. The molecule has 0 heterocycles. The second-order valence-electron chi connectivity index (χ2n) is 4.46. The molecule has 0 bridgehead atoms. The first kappa shape index (κ1) is 10.5. The fraction of sp³-hybridized carbons (Fsp3) is 0.667. The van der Waals surface area contributed by atoms with Crippen LogP contribution in [0, 0.1) is 5.41 Å². The Kier molecular flexibility index (Phi) is 3.32. The van der Waals surface area contributed by atoms with E-state index in [1.807, 2.05) is 6.08 Å². The van der Waals surface area contributed by atoms with E-state index in [4.69, 9.17) is 5.11 Å². The molecule has 0 saturated heterocycles. The van der Waals surface area contributed by atoms with Gasteiger partial charge in [0.05, 0.1) is 6.61 Å². The molecular formula is C12H20O. The molecule has 0 aromatic heterocycles. The third kappa shape index (κ3) is 2.44. The van der Waals surface area contributed by atoms with Gasteiger partial charge in [-0.25, -0.2) is 0 Å². The number of hydrogen-bond donors (Lipinski definition) is 1. The van der Waals surface area contributed by atoms with Crippen molar-refractivity contribution in [2.45, 2.75) is 40.0 Å². The lowest BCUT2D eigenvalue weighted by molar-refractivity contribution is 0.340. The lowest BCUT2D eigenvalue weighted by Crippen LogP contribution is -2.18. The Balaban J connectivity index is 2.88. The zero-order valence-electron chi connectivity index (χ0n) is 8.93. The first-order chi connectivity index (χ1) is 6.08. The predicted octanol–water partition coefficient (Wildman–Crippen LogP) is 3.06. The average molecular weight is 180 g/mol. The molecule has 1 aliphatic rings. The van der Waals surface area contributed by atoms with E-state index < -0.39 is 0 Å². The fourth-order valence-electron chi connectivity index (χ4n) is 2.14. The van der Waals surface area contributed by atoms with Crippen molar-refractivity contribution >= 4 is 0 Å². The van der Waals surface area contributed by atoms with Crippen molar-refractivity contribution in [3.63, 3.8) is 0 Å². The molecule has 0 spiro atoms. The van der Waals surface area contributed by atoms with Crippen LogP contribution in [0.1, 0.15) is 40.0 Å². The number of aliphatic hydroxyl groups is 1. The van der Waals surface area contributed by atoms with Crippen LogP contribution in [-0.2, 0) is 0 Å². The van der Waals surface area contributed by atoms with Gasteiger partial charge in [-0.1, -0.05) is 26.0 Å². The molecule has 1 nitrogen and oxygen atoms in total. The van der Waals surface area contributed by atoms with Crippen LogP contribution in [0.5, 0.6) is 0 Å². The molecule has 1 heteroatoms.